The minimum absolute atomic E-state index is 0.0139. The zero-order chi connectivity index (χ0) is 33.1. The van der Waals surface area contributed by atoms with Gasteiger partial charge in [0, 0.05) is 47.4 Å². The Morgan fingerprint density at radius 2 is 1.40 bits per heavy atom. The fourth-order valence-corrected chi connectivity index (χ4v) is 5.88. The number of rotatable bonds is 7. The van der Waals surface area contributed by atoms with Crippen LogP contribution in [0.3, 0.4) is 0 Å². The van der Waals surface area contributed by atoms with E-state index < -0.39 is 5.24 Å². The van der Waals surface area contributed by atoms with Crippen molar-refractivity contribution >= 4 is 51.6 Å². The number of hydrazine groups is 1. The molecule has 2 aliphatic rings. The third kappa shape index (κ3) is 8.73. The molecule has 0 radical (unpaired) electrons. The van der Waals surface area contributed by atoms with Crippen LogP contribution in [-0.4, -0.2) is 53.0 Å². The quantitative estimate of drug-likeness (QED) is 0.162. The Morgan fingerprint density at radius 1 is 0.867 bits per heavy atom. The maximum Gasteiger partial charge on any atom is 0.278 e. The molecule has 2 aliphatic heterocycles. The van der Waals surface area contributed by atoms with Crippen LogP contribution in [0, 0.1) is 0 Å². The molecule has 1 saturated heterocycles. The summed E-state index contributed by atoms with van der Waals surface area (Å²) in [5, 5.41) is 10.7. The number of methoxy groups -OCH3 is 2. The lowest BCUT2D eigenvalue weighted by Crippen LogP contribution is -2.37. The molecule has 45 heavy (non-hydrogen) atoms. The van der Waals surface area contributed by atoms with E-state index in [1.807, 2.05) is 19.9 Å². The van der Waals surface area contributed by atoms with Gasteiger partial charge in [0.25, 0.3) is 10.8 Å². The van der Waals surface area contributed by atoms with Gasteiger partial charge in [-0.15, -0.1) is 0 Å². The summed E-state index contributed by atoms with van der Waals surface area (Å²) in [5.41, 5.74) is 8.57. The number of aryl methyl sites for hydroxylation is 2. The van der Waals surface area contributed by atoms with Gasteiger partial charge in [0.05, 0.1) is 14.2 Å². The number of allylic oxidation sites excluding steroid dienone is 1. The van der Waals surface area contributed by atoms with Gasteiger partial charge < -0.3 is 14.6 Å². The number of aromatic nitrogens is 2. The molecule has 1 fully saturated rings. The van der Waals surface area contributed by atoms with Crippen molar-refractivity contribution < 1.29 is 24.2 Å². The molecule has 2 aromatic carbocycles. The van der Waals surface area contributed by atoms with E-state index in [4.69, 9.17) is 44.3 Å². The normalized spacial score (nSPS) is 13.7. The maximum absolute atomic E-state index is 12.7. The lowest BCUT2D eigenvalue weighted by Gasteiger charge is -2.17. The summed E-state index contributed by atoms with van der Waals surface area (Å²) in [7, 11) is 2.97. The molecule has 0 unspecified atom stereocenters. The molecule has 3 aromatic rings. The Kier molecular flexibility index (Phi) is 14.1. The van der Waals surface area contributed by atoms with Crippen molar-refractivity contribution in [2.75, 3.05) is 27.3 Å². The molecule has 0 amide bonds. The van der Waals surface area contributed by atoms with E-state index in [0.29, 0.717) is 69.7 Å². The van der Waals surface area contributed by atoms with E-state index in [-0.39, 0.29) is 17.0 Å². The number of carbonyl (C=O) groups is 1. The lowest BCUT2D eigenvalue weighted by molar-refractivity contribution is -0.106. The Hall–Kier alpha value is -3.24. The number of fused-ring (bicyclic) bond motifs is 1. The third-order valence-corrected chi connectivity index (χ3v) is 8.10. The molecule has 3 heterocycles. The first-order chi connectivity index (χ1) is 21.6. The van der Waals surface area contributed by atoms with Gasteiger partial charge >= 0.3 is 0 Å². The molecule has 0 saturated carbocycles. The van der Waals surface area contributed by atoms with Crippen molar-refractivity contribution in [3.05, 3.63) is 61.4 Å². The van der Waals surface area contributed by atoms with Crippen LogP contribution in [-0.2, 0) is 35.5 Å². The first-order valence-corrected chi connectivity index (χ1v) is 15.9. The highest BCUT2D eigenvalue weighted by Crippen LogP contribution is 2.40. The Labute approximate surface area is 277 Å². The van der Waals surface area contributed by atoms with Crippen LogP contribution < -0.4 is 25.9 Å². The fraction of sp³-hybridized carbons (Fsp3) is 0.438. The Morgan fingerprint density at radius 3 is 1.84 bits per heavy atom. The van der Waals surface area contributed by atoms with Crippen molar-refractivity contribution in [1.82, 2.24) is 20.2 Å². The molecule has 5 rings (SSSR count). The predicted octanol–water partition coefficient (Wildman–Crippen LogP) is 5.81. The average Bonchev–Trinajstić information content (AvgIpc) is 3.31. The summed E-state index contributed by atoms with van der Waals surface area (Å²) in [5.74, 6) is 2.41. The Bertz CT molecular complexity index is 1550. The summed E-state index contributed by atoms with van der Waals surface area (Å²) in [6.45, 7) is 7.41. The van der Waals surface area contributed by atoms with Gasteiger partial charge in [-0.3, -0.25) is 25.1 Å². The average molecular weight is 682 g/mol. The van der Waals surface area contributed by atoms with Crippen LogP contribution in [0.1, 0.15) is 56.2 Å². The minimum Gasteiger partial charge on any atom is -0.496 e. The summed E-state index contributed by atoms with van der Waals surface area (Å²) < 4.78 is 13.8. The van der Waals surface area contributed by atoms with Crippen LogP contribution in [0.15, 0.2) is 29.1 Å². The van der Waals surface area contributed by atoms with Crippen molar-refractivity contribution in [2.45, 2.75) is 65.5 Å². The van der Waals surface area contributed by atoms with E-state index in [9.17, 15) is 19.5 Å². The van der Waals surface area contributed by atoms with Crippen molar-refractivity contribution in [3.8, 4) is 28.5 Å². The number of benzene rings is 2. The molecule has 1 aromatic heterocycles. The molecule has 3 N–H and O–H groups in total. The van der Waals surface area contributed by atoms with Gasteiger partial charge in [-0.1, -0.05) is 37.0 Å². The highest BCUT2D eigenvalue weighted by atomic mass is 35.5. The largest absolute Gasteiger partial charge is 0.496 e. The number of ether oxygens (including phenoxy) is 2. The first-order valence-electron chi connectivity index (χ1n) is 14.8. The second-order valence-corrected chi connectivity index (χ2v) is 11.5. The zero-order valence-corrected chi connectivity index (χ0v) is 28.2. The number of carbonyl (C=O) groups excluding carboxylic acids is 2. The van der Waals surface area contributed by atoms with E-state index >= 15 is 0 Å². The van der Waals surface area contributed by atoms with Gasteiger partial charge in [-0.25, -0.2) is 9.48 Å². The lowest BCUT2D eigenvalue weighted by atomic mass is 9.98. The van der Waals surface area contributed by atoms with Crippen LogP contribution in [0.2, 0.25) is 10.0 Å². The van der Waals surface area contributed by atoms with Crippen molar-refractivity contribution in [2.24, 2.45) is 0 Å². The monoisotopic (exact) mass is 680 g/mol. The van der Waals surface area contributed by atoms with E-state index in [0.717, 1.165) is 31.5 Å². The first kappa shape index (κ1) is 36.2. The number of hydrogen-bond donors (Lipinski definition) is 3. The number of nitrogens with one attached hydrogen (secondary N) is 2. The van der Waals surface area contributed by atoms with Gasteiger partial charge in [0.1, 0.15) is 28.6 Å². The van der Waals surface area contributed by atoms with Crippen molar-refractivity contribution in [3.63, 3.8) is 0 Å². The summed E-state index contributed by atoms with van der Waals surface area (Å²) in [6, 6.07) is 6.68. The van der Waals surface area contributed by atoms with Crippen LogP contribution in [0.5, 0.6) is 17.4 Å². The van der Waals surface area contributed by atoms with E-state index in [1.54, 1.807) is 34.5 Å². The van der Waals surface area contributed by atoms with E-state index in [2.05, 4.69) is 10.9 Å². The molecule has 0 spiro atoms. The van der Waals surface area contributed by atoms with Gasteiger partial charge in [-0.05, 0) is 85.5 Å². The highest BCUT2D eigenvalue weighted by molar-refractivity contribution is 6.76. The summed E-state index contributed by atoms with van der Waals surface area (Å²) >= 11 is 17.4. The topological polar surface area (TPSA) is 124 Å². The third-order valence-electron chi connectivity index (χ3n) is 7.47. The van der Waals surface area contributed by atoms with Crippen LogP contribution >= 0.6 is 34.8 Å². The van der Waals surface area contributed by atoms with Crippen LogP contribution in [0.25, 0.3) is 16.7 Å². The van der Waals surface area contributed by atoms with Gasteiger partial charge in [0.2, 0.25) is 5.88 Å². The molecule has 0 atom stereocenters. The molecule has 0 bridgehead atoms. The SMILES string of the molecule is C1CCNNC1.CCc1cc(Cl)cc(OC)c1-c1c(O)n2n(c1=O)CCCC2.CCc1cc(Cl)cc(OC)c1C(=C=O)C(=O)Cl. The Balaban J connectivity index is 0.000000212. The molecule has 13 heteroatoms. The molecule has 10 nitrogen and oxygen atoms in total. The number of aromatic hydroxyl groups is 1. The smallest absolute Gasteiger partial charge is 0.278 e. The minimum atomic E-state index is -0.865. The van der Waals surface area contributed by atoms with Crippen molar-refractivity contribution in [1.29, 1.82) is 0 Å². The fourth-order valence-electron chi connectivity index (χ4n) is 5.28. The van der Waals surface area contributed by atoms with E-state index in [1.165, 1.54) is 26.0 Å². The highest BCUT2D eigenvalue weighted by Gasteiger charge is 2.27. The molecular weight excluding hydrogens is 643 g/mol. The predicted molar refractivity (Wildman–Crippen MR) is 179 cm³/mol. The van der Waals surface area contributed by atoms with Gasteiger partial charge in [0.15, 0.2) is 0 Å². The molecule has 0 aliphatic carbocycles. The standard InChI is InChI=1S/C16H19ClN2O3.C12H10Cl2O3.C4H10N2/c1-3-10-8-11(17)9-12(22-2)13(10)14-15(20)18-6-4-5-7-19(18)16(14)21;1-3-7-4-8(13)5-10(17-2)11(7)9(6-15)12(14)16;1-2-4-6-5-3-1/h8-9,20H,3-7H2,1-2H3;4-5H,3H2,1-2H3;5-6H,1-4H2. The summed E-state index contributed by atoms with van der Waals surface area (Å²) in [4.78, 5) is 34.7. The molecule has 244 valence electrons. The number of nitrogens with zero attached hydrogens (tertiary/aromatic N) is 2. The molecular formula is C32H39Cl3N4O6. The number of hydrogen-bond acceptors (Lipinski definition) is 8. The number of halogens is 3. The van der Waals surface area contributed by atoms with Crippen LogP contribution in [0.4, 0.5) is 0 Å². The maximum atomic E-state index is 12.7. The zero-order valence-electron chi connectivity index (χ0n) is 25.9. The summed E-state index contributed by atoms with van der Waals surface area (Å²) in [6.07, 6.45) is 5.83. The second-order valence-electron chi connectivity index (χ2n) is 10.3. The second kappa shape index (κ2) is 17.5. The van der Waals surface area contributed by atoms with Gasteiger partial charge in [-0.2, -0.15) is 0 Å².